The molecule has 7 nitrogen and oxygen atoms in total. The van der Waals surface area contributed by atoms with Crippen LogP contribution in [0.3, 0.4) is 0 Å². The molecule has 2 aromatic carbocycles. The average Bonchev–Trinajstić information content (AvgIpc) is 3.59. The highest BCUT2D eigenvalue weighted by molar-refractivity contribution is 6.39. The van der Waals surface area contributed by atoms with Crippen molar-refractivity contribution >= 4 is 34.7 Å². The zero-order valence-corrected chi connectivity index (χ0v) is 21.4. The van der Waals surface area contributed by atoms with E-state index in [9.17, 15) is 4.39 Å². The topological polar surface area (TPSA) is 97.1 Å². The molecule has 0 radical (unpaired) electrons. The molecule has 6 rings (SSSR count). The molecule has 1 saturated carbocycles. The second kappa shape index (κ2) is 9.82. The SMILES string of the molecule is [2H]C(OC1C[C@H]2CC[C@@H](C1)N2c1ccc(/C(N)=N/O)c(F)c1)c1c(-c2c(Cl)cccc2Cl)noc1C1CC1. The van der Waals surface area contributed by atoms with Gasteiger partial charge in [0.25, 0.3) is 0 Å². The first-order valence-electron chi connectivity index (χ1n) is 13.0. The molecule has 2 saturated heterocycles. The Kier molecular flexibility index (Phi) is 6.19. The van der Waals surface area contributed by atoms with E-state index in [-0.39, 0.29) is 35.5 Å². The van der Waals surface area contributed by atoms with Crippen LogP contribution < -0.4 is 10.6 Å². The fourth-order valence-corrected chi connectivity index (χ4v) is 6.29. The quantitative estimate of drug-likeness (QED) is 0.153. The Morgan fingerprint density at radius 3 is 2.51 bits per heavy atom. The molecule has 2 aliphatic heterocycles. The van der Waals surface area contributed by atoms with Gasteiger partial charge in [-0.15, -0.1) is 0 Å². The second-order valence-corrected chi connectivity index (χ2v) is 10.8. The van der Waals surface area contributed by atoms with E-state index in [1.165, 1.54) is 12.1 Å². The first kappa shape index (κ1) is 23.3. The number of ether oxygens (including phenoxy) is 1. The molecule has 37 heavy (non-hydrogen) atoms. The Morgan fingerprint density at radius 1 is 1.19 bits per heavy atom. The van der Waals surface area contributed by atoms with Gasteiger partial charge in [-0.05, 0) is 68.9 Å². The standard InChI is InChI=1S/C27H27Cl2FN4O3/c28-21-2-1-3-22(29)24(21)25-20(26(37-33-25)14-4-5-14)13-36-18-10-15-6-7-16(11-18)34(15)17-8-9-19(23(30)12-17)27(31)32-35/h1-3,8-9,12,14-16,18,35H,4-7,10-11,13H2,(H2,31,32)/t15-,16+,18?/i13D/t13?,15-,16+,18?. The number of anilines is 1. The predicted octanol–water partition coefficient (Wildman–Crippen LogP) is 6.48. The van der Waals surface area contributed by atoms with Crippen molar-refractivity contribution in [3.05, 3.63) is 69.1 Å². The number of benzene rings is 2. The van der Waals surface area contributed by atoms with Gasteiger partial charge in [0.1, 0.15) is 17.3 Å². The van der Waals surface area contributed by atoms with Crippen molar-refractivity contribution in [3.8, 4) is 11.3 Å². The van der Waals surface area contributed by atoms with Gasteiger partial charge in [0, 0.05) is 34.8 Å². The van der Waals surface area contributed by atoms with E-state index in [4.69, 9.17) is 44.8 Å². The van der Waals surface area contributed by atoms with Crippen molar-refractivity contribution < 1.29 is 20.2 Å². The summed E-state index contributed by atoms with van der Waals surface area (Å²) in [6, 6.07) is 10.3. The first-order chi connectivity index (χ1) is 18.4. The molecular weight excluding hydrogens is 518 g/mol. The summed E-state index contributed by atoms with van der Waals surface area (Å²) in [6.45, 7) is -1.01. The molecule has 1 aliphatic carbocycles. The van der Waals surface area contributed by atoms with Gasteiger partial charge in [0.05, 0.1) is 29.7 Å². The van der Waals surface area contributed by atoms with Gasteiger partial charge in [-0.3, -0.25) is 0 Å². The highest BCUT2D eigenvalue weighted by atomic mass is 35.5. The molecule has 10 heteroatoms. The number of aromatic nitrogens is 1. The summed E-state index contributed by atoms with van der Waals surface area (Å²) in [5.74, 6) is 0.109. The van der Waals surface area contributed by atoms with E-state index < -0.39 is 12.4 Å². The molecule has 2 bridgehead atoms. The number of piperidine rings is 1. The van der Waals surface area contributed by atoms with Crippen LogP contribution in [-0.4, -0.2) is 34.4 Å². The van der Waals surface area contributed by atoms with Gasteiger partial charge < -0.3 is 25.1 Å². The van der Waals surface area contributed by atoms with Gasteiger partial charge in [0.2, 0.25) is 0 Å². The Labute approximate surface area is 225 Å². The van der Waals surface area contributed by atoms with Crippen LogP contribution in [0.4, 0.5) is 10.1 Å². The lowest BCUT2D eigenvalue weighted by Crippen LogP contribution is -2.45. The number of hydrogen-bond acceptors (Lipinski definition) is 6. The number of rotatable bonds is 7. The number of hydrogen-bond donors (Lipinski definition) is 2. The maximum atomic E-state index is 14.7. The zero-order valence-electron chi connectivity index (χ0n) is 20.9. The van der Waals surface area contributed by atoms with Crippen LogP contribution in [0.1, 0.15) is 62.7 Å². The lowest BCUT2D eigenvalue weighted by molar-refractivity contribution is 0.0147. The summed E-state index contributed by atoms with van der Waals surface area (Å²) < 4.78 is 35.8. The molecule has 0 spiro atoms. The normalized spacial score (nSPS) is 24.8. The van der Waals surface area contributed by atoms with Crippen molar-refractivity contribution in [2.45, 2.75) is 69.2 Å². The molecule has 3 aromatic rings. The maximum Gasteiger partial charge on any atom is 0.173 e. The molecule has 1 aromatic heterocycles. The van der Waals surface area contributed by atoms with E-state index in [0.717, 1.165) is 31.4 Å². The largest absolute Gasteiger partial charge is 0.409 e. The van der Waals surface area contributed by atoms with Crippen LogP contribution in [0.25, 0.3) is 11.3 Å². The van der Waals surface area contributed by atoms with Gasteiger partial charge in [-0.25, -0.2) is 4.39 Å². The number of amidine groups is 1. The number of nitrogens with zero attached hydrogens (tertiary/aromatic N) is 3. The first-order valence-corrected chi connectivity index (χ1v) is 13.2. The van der Waals surface area contributed by atoms with Crippen LogP contribution in [0.5, 0.6) is 0 Å². The summed E-state index contributed by atoms with van der Waals surface area (Å²) in [5.41, 5.74) is 8.01. The maximum absolute atomic E-state index is 14.7. The van der Waals surface area contributed by atoms with Crippen molar-refractivity contribution in [2.75, 3.05) is 4.90 Å². The van der Waals surface area contributed by atoms with Gasteiger partial charge >= 0.3 is 0 Å². The Bertz CT molecular complexity index is 1360. The molecule has 3 heterocycles. The summed E-state index contributed by atoms with van der Waals surface area (Å²) >= 11 is 13.0. The number of halogens is 3. The fourth-order valence-electron chi connectivity index (χ4n) is 5.72. The van der Waals surface area contributed by atoms with E-state index in [2.05, 4.69) is 15.2 Å². The van der Waals surface area contributed by atoms with Crippen molar-refractivity contribution in [1.29, 1.82) is 0 Å². The van der Waals surface area contributed by atoms with Crippen LogP contribution in [0.2, 0.25) is 10.0 Å². The third-order valence-corrected chi connectivity index (χ3v) is 8.24. The third-order valence-electron chi connectivity index (χ3n) is 7.61. The molecular formula is C27H27Cl2FN4O3. The zero-order chi connectivity index (χ0) is 26.6. The lowest BCUT2D eigenvalue weighted by atomic mass is 9.98. The second-order valence-electron chi connectivity index (χ2n) is 9.97. The summed E-state index contributed by atoms with van der Waals surface area (Å²) in [7, 11) is 0. The minimum absolute atomic E-state index is 0.0634. The summed E-state index contributed by atoms with van der Waals surface area (Å²) in [5, 5.41) is 17.0. The van der Waals surface area contributed by atoms with Gasteiger partial charge in [-0.1, -0.05) is 39.6 Å². The number of nitrogens with two attached hydrogens (primary N) is 1. The summed E-state index contributed by atoms with van der Waals surface area (Å²) in [6.07, 6.45) is 5.15. The van der Waals surface area contributed by atoms with Crippen LogP contribution in [0.15, 0.2) is 46.1 Å². The van der Waals surface area contributed by atoms with Crippen LogP contribution in [-0.2, 0) is 11.3 Å². The lowest BCUT2D eigenvalue weighted by Gasteiger charge is -2.40. The highest BCUT2D eigenvalue weighted by Crippen LogP contribution is 2.47. The number of fused-ring (bicyclic) bond motifs is 2. The highest BCUT2D eigenvalue weighted by Gasteiger charge is 2.42. The molecule has 4 atom stereocenters. The van der Waals surface area contributed by atoms with Crippen LogP contribution in [0, 0.1) is 5.82 Å². The molecule has 194 valence electrons. The summed E-state index contributed by atoms with van der Waals surface area (Å²) in [4.78, 5) is 2.24. The molecule has 2 unspecified atom stereocenters. The average molecular weight is 546 g/mol. The molecule has 3 fully saturated rings. The third kappa shape index (κ3) is 4.56. The Morgan fingerprint density at radius 2 is 1.89 bits per heavy atom. The fraction of sp³-hybridized carbons (Fsp3) is 0.407. The van der Waals surface area contributed by atoms with Gasteiger partial charge in [-0.2, -0.15) is 0 Å². The Balaban J connectivity index is 1.23. The van der Waals surface area contributed by atoms with E-state index in [0.29, 0.717) is 45.5 Å². The van der Waals surface area contributed by atoms with Crippen molar-refractivity contribution in [2.24, 2.45) is 10.9 Å². The predicted molar refractivity (Wildman–Crippen MR) is 140 cm³/mol. The molecule has 3 aliphatic rings. The van der Waals surface area contributed by atoms with Crippen LogP contribution >= 0.6 is 23.2 Å². The van der Waals surface area contributed by atoms with Crippen molar-refractivity contribution in [1.82, 2.24) is 5.16 Å². The van der Waals surface area contributed by atoms with Gasteiger partial charge in [0.15, 0.2) is 5.84 Å². The van der Waals surface area contributed by atoms with Crippen molar-refractivity contribution in [3.63, 3.8) is 0 Å². The Hall–Kier alpha value is -2.81. The minimum Gasteiger partial charge on any atom is -0.409 e. The smallest absolute Gasteiger partial charge is 0.173 e. The number of oxime groups is 1. The van der Waals surface area contributed by atoms with E-state index >= 15 is 0 Å². The minimum atomic E-state index is -1.01. The molecule has 3 N–H and O–H groups in total. The molecule has 0 amide bonds. The van der Waals surface area contributed by atoms with E-state index in [1.807, 2.05) is 0 Å². The monoisotopic (exact) mass is 545 g/mol. The van der Waals surface area contributed by atoms with E-state index in [1.54, 1.807) is 24.3 Å².